The molecule has 1 aromatic carbocycles. The number of benzene rings is 1. The summed E-state index contributed by atoms with van der Waals surface area (Å²) in [7, 11) is 0. The maximum atomic E-state index is 12.3. The molecule has 0 aliphatic rings. The SMILES string of the molecule is O=[N+]([O-])c1cc(C(F)(F)F)ccc1C(O)CCl. The molecular formula is C9H7ClF3NO3. The van der Waals surface area contributed by atoms with Gasteiger partial charge in [0, 0.05) is 6.07 Å². The third-order valence-electron chi connectivity index (χ3n) is 2.06. The molecule has 0 fully saturated rings. The Bertz CT molecular complexity index is 436. The van der Waals surface area contributed by atoms with Gasteiger partial charge in [-0.3, -0.25) is 10.1 Å². The molecule has 0 radical (unpaired) electrons. The Balaban J connectivity index is 3.32. The van der Waals surface area contributed by atoms with Crippen LogP contribution in [0.5, 0.6) is 0 Å². The predicted molar refractivity (Wildman–Crippen MR) is 53.8 cm³/mol. The van der Waals surface area contributed by atoms with Crippen LogP contribution in [0.15, 0.2) is 18.2 Å². The number of nitro benzene ring substituents is 1. The number of alkyl halides is 4. The van der Waals surface area contributed by atoms with Crippen LogP contribution >= 0.6 is 11.6 Å². The first kappa shape index (κ1) is 13.7. The third kappa shape index (κ3) is 3.07. The minimum atomic E-state index is -4.67. The quantitative estimate of drug-likeness (QED) is 0.521. The molecule has 0 spiro atoms. The van der Waals surface area contributed by atoms with E-state index in [4.69, 9.17) is 11.6 Å². The summed E-state index contributed by atoms with van der Waals surface area (Å²) in [4.78, 5) is 9.62. The Morgan fingerprint density at radius 1 is 1.47 bits per heavy atom. The number of nitrogens with zero attached hydrogens (tertiary/aromatic N) is 1. The summed E-state index contributed by atoms with van der Waals surface area (Å²) < 4.78 is 37.0. The molecule has 0 saturated carbocycles. The molecule has 8 heteroatoms. The summed E-state index contributed by atoms with van der Waals surface area (Å²) in [6.45, 7) is 0. The molecular weight excluding hydrogens is 263 g/mol. The first-order chi connectivity index (χ1) is 7.77. The highest BCUT2D eigenvalue weighted by atomic mass is 35.5. The maximum absolute atomic E-state index is 12.3. The summed E-state index contributed by atoms with van der Waals surface area (Å²) in [6.07, 6.45) is -6.05. The van der Waals surface area contributed by atoms with E-state index in [-0.39, 0.29) is 11.4 Å². The second-order valence-electron chi connectivity index (χ2n) is 3.20. The van der Waals surface area contributed by atoms with Gasteiger partial charge in [0.1, 0.15) is 0 Å². The smallest absolute Gasteiger partial charge is 0.387 e. The van der Waals surface area contributed by atoms with Crippen LogP contribution in [0.2, 0.25) is 0 Å². The summed E-state index contributed by atoms with van der Waals surface area (Å²) >= 11 is 5.30. The molecule has 1 rings (SSSR count). The lowest BCUT2D eigenvalue weighted by atomic mass is 10.0. The van der Waals surface area contributed by atoms with E-state index < -0.39 is 28.5 Å². The van der Waals surface area contributed by atoms with Crippen molar-refractivity contribution in [3.63, 3.8) is 0 Å². The second-order valence-corrected chi connectivity index (χ2v) is 3.51. The van der Waals surface area contributed by atoms with Crippen LogP contribution in [-0.4, -0.2) is 15.9 Å². The number of hydrogen-bond acceptors (Lipinski definition) is 3. The first-order valence-electron chi connectivity index (χ1n) is 4.37. The van der Waals surface area contributed by atoms with E-state index >= 15 is 0 Å². The fourth-order valence-electron chi connectivity index (χ4n) is 1.24. The highest BCUT2D eigenvalue weighted by Gasteiger charge is 2.33. The average molecular weight is 270 g/mol. The molecule has 0 heterocycles. The van der Waals surface area contributed by atoms with Crippen LogP contribution in [0.25, 0.3) is 0 Å². The van der Waals surface area contributed by atoms with Gasteiger partial charge >= 0.3 is 6.18 Å². The van der Waals surface area contributed by atoms with E-state index in [1.807, 2.05) is 0 Å². The molecule has 0 saturated heterocycles. The Kier molecular flexibility index (Phi) is 3.94. The van der Waals surface area contributed by atoms with Crippen molar-refractivity contribution < 1.29 is 23.2 Å². The molecule has 1 aromatic rings. The van der Waals surface area contributed by atoms with Crippen molar-refractivity contribution >= 4 is 17.3 Å². The normalized spacial score (nSPS) is 13.5. The van der Waals surface area contributed by atoms with E-state index in [9.17, 15) is 28.4 Å². The number of aliphatic hydroxyl groups is 1. The molecule has 4 nitrogen and oxygen atoms in total. The zero-order valence-corrected chi connectivity index (χ0v) is 9.00. The van der Waals surface area contributed by atoms with Crippen molar-refractivity contribution in [2.45, 2.75) is 12.3 Å². The Morgan fingerprint density at radius 2 is 2.06 bits per heavy atom. The van der Waals surface area contributed by atoms with Gasteiger partial charge in [-0.05, 0) is 12.1 Å². The number of hydrogen-bond donors (Lipinski definition) is 1. The molecule has 94 valence electrons. The minimum Gasteiger partial charge on any atom is -0.387 e. The lowest BCUT2D eigenvalue weighted by molar-refractivity contribution is -0.386. The summed E-state index contributed by atoms with van der Waals surface area (Å²) in [5, 5.41) is 19.9. The maximum Gasteiger partial charge on any atom is 0.416 e. The first-order valence-corrected chi connectivity index (χ1v) is 4.90. The van der Waals surface area contributed by atoms with Crippen LogP contribution in [-0.2, 0) is 6.18 Å². The van der Waals surface area contributed by atoms with E-state index in [2.05, 4.69) is 0 Å². The number of rotatable bonds is 3. The van der Waals surface area contributed by atoms with Crippen LogP contribution in [0, 0.1) is 10.1 Å². The molecule has 0 amide bonds. The molecule has 0 bridgehead atoms. The van der Waals surface area contributed by atoms with Gasteiger partial charge in [-0.1, -0.05) is 0 Å². The number of aliphatic hydroxyl groups excluding tert-OH is 1. The fraction of sp³-hybridized carbons (Fsp3) is 0.333. The van der Waals surface area contributed by atoms with Crippen molar-refractivity contribution in [3.05, 3.63) is 39.4 Å². The van der Waals surface area contributed by atoms with Gasteiger partial charge in [0.15, 0.2) is 0 Å². The lowest BCUT2D eigenvalue weighted by Crippen LogP contribution is -2.09. The topological polar surface area (TPSA) is 63.4 Å². The molecule has 1 atom stereocenters. The Hall–Kier alpha value is -1.34. The predicted octanol–water partition coefficient (Wildman–Crippen LogP) is 2.89. The van der Waals surface area contributed by atoms with Gasteiger partial charge in [0.25, 0.3) is 5.69 Å². The van der Waals surface area contributed by atoms with Crippen molar-refractivity contribution in [1.82, 2.24) is 0 Å². The molecule has 1 N–H and O–H groups in total. The van der Waals surface area contributed by atoms with Gasteiger partial charge < -0.3 is 5.11 Å². The Morgan fingerprint density at radius 3 is 2.47 bits per heavy atom. The van der Waals surface area contributed by atoms with Gasteiger partial charge in [0.2, 0.25) is 0 Å². The van der Waals surface area contributed by atoms with Crippen molar-refractivity contribution in [3.8, 4) is 0 Å². The second kappa shape index (κ2) is 4.89. The van der Waals surface area contributed by atoms with E-state index in [0.717, 1.165) is 6.07 Å². The number of nitro groups is 1. The van der Waals surface area contributed by atoms with Gasteiger partial charge in [0.05, 0.1) is 28.0 Å². The largest absolute Gasteiger partial charge is 0.416 e. The molecule has 1 unspecified atom stereocenters. The van der Waals surface area contributed by atoms with Gasteiger partial charge in [-0.2, -0.15) is 13.2 Å². The lowest BCUT2D eigenvalue weighted by Gasteiger charge is -2.11. The van der Waals surface area contributed by atoms with Crippen LogP contribution < -0.4 is 0 Å². The van der Waals surface area contributed by atoms with E-state index in [1.165, 1.54) is 0 Å². The standard InChI is InChI=1S/C9H7ClF3NO3/c10-4-8(15)6-2-1-5(9(11,12)13)3-7(6)14(16)17/h1-3,8,15H,4H2. The molecule has 0 aliphatic heterocycles. The highest BCUT2D eigenvalue weighted by molar-refractivity contribution is 6.18. The molecule has 17 heavy (non-hydrogen) atoms. The Labute approximate surface area is 98.8 Å². The van der Waals surface area contributed by atoms with Crippen molar-refractivity contribution in [2.75, 3.05) is 5.88 Å². The summed E-state index contributed by atoms with van der Waals surface area (Å²) in [6, 6.07) is 1.90. The number of halogens is 4. The minimum absolute atomic E-state index is 0.238. The zero-order chi connectivity index (χ0) is 13.2. The fourth-order valence-corrected chi connectivity index (χ4v) is 1.41. The highest BCUT2D eigenvalue weighted by Crippen LogP contribution is 2.35. The monoisotopic (exact) mass is 269 g/mol. The van der Waals surface area contributed by atoms with Crippen molar-refractivity contribution in [1.29, 1.82) is 0 Å². The van der Waals surface area contributed by atoms with Crippen molar-refractivity contribution in [2.24, 2.45) is 0 Å². The van der Waals surface area contributed by atoms with E-state index in [1.54, 1.807) is 0 Å². The van der Waals surface area contributed by atoms with Gasteiger partial charge in [-0.25, -0.2) is 0 Å². The molecule has 0 aliphatic carbocycles. The van der Waals surface area contributed by atoms with Gasteiger partial charge in [-0.15, -0.1) is 11.6 Å². The summed E-state index contributed by atoms with van der Waals surface area (Å²) in [5.41, 5.74) is -2.18. The molecule has 0 aromatic heterocycles. The zero-order valence-electron chi connectivity index (χ0n) is 8.24. The van der Waals surface area contributed by atoms with Crippen LogP contribution in [0.1, 0.15) is 17.2 Å². The van der Waals surface area contributed by atoms with E-state index in [0.29, 0.717) is 12.1 Å². The van der Waals surface area contributed by atoms with Crippen LogP contribution in [0.4, 0.5) is 18.9 Å². The average Bonchev–Trinajstić information content (AvgIpc) is 2.25. The third-order valence-corrected chi connectivity index (χ3v) is 2.35. The van der Waals surface area contributed by atoms with Crippen LogP contribution in [0.3, 0.4) is 0 Å². The summed E-state index contributed by atoms with van der Waals surface area (Å²) in [5.74, 6) is -0.341.